The molecule has 6 heteroatoms. The van der Waals surface area contributed by atoms with E-state index in [1.165, 1.54) is 18.2 Å². The Hall–Kier alpha value is -2.89. The molecule has 22 heavy (non-hydrogen) atoms. The van der Waals surface area contributed by atoms with Crippen LogP contribution in [0.5, 0.6) is 5.75 Å². The molecule has 2 amide bonds. The van der Waals surface area contributed by atoms with Gasteiger partial charge in [0.25, 0.3) is 11.8 Å². The predicted molar refractivity (Wildman–Crippen MR) is 79.7 cm³/mol. The molecule has 0 unspecified atom stereocenters. The molecule has 2 aromatic carbocycles. The molecule has 0 saturated heterocycles. The van der Waals surface area contributed by atoms with Gasteiger partial charge >= 0.3 is 0 Å². The molecule has 5 nitrogen and oxygen atoms in total. The van der Waals surface area contributed by atoms with E-state index in [1.807, 2.05) is 0 Å². The number of fused-ring (bicyclic) bond motifs is 1. The Morgan fingerprint density at radius 2 is 2.09 bits per heavy atom. The van der Waals surface area contributed by atoms with E-state index in [-0.39, 0.29) is 18.2 Å². The minimum atomic E-state index is -0.497. The predicted octanol–water partition coefficient (Wildman–Crippen LogP) is 2.72. The first kappa shape index (κ1) is 14.1. The number of carbonyl (C=O) groups excluding carboxylic acids is 2. The highest BCUT2D eigenvalue weighted by atomic mass is 19.1. The van der Waals surface area contributed by atoms with Gasteiger partial charge in [0, 0.05) is 5.56 Å². The molecular weight excluding hydrogens is 287 g/mol. The molecule has 0 radical (unpaired) electrons. The van der Waals surface area contributed by atoms with Crippen LogP contribution < -0.4 is 15.4 Å². The minimum absolute atomic E-state index is 0.0485. The lowest BCUT2D eigenvalue weighted by Gasteiger charge is -2.18. The van der Waals surface area contributed by atoms with Crippen LogP contribution in [0.3, 0.4) is 0 Å². The average Bonchev–Trinajstić information content (AvgIpc) is 2.49. The third kappa shape index (κ3) is 2.76. The van der Waals surface area contributed by atoms with Crippen molar-refractivity contribution in [2.75, 3.05) is 17.2 Å². The Balaban J connectivity index is 1.83. The number of amides is 2. The number of ether oxygens (including phenoxy) is 1. The standard InChI is InChI=1S/C16H13FN2O3/c1-9-2-4-12(11(17)6-9)19-16(21)10-3-5-14-13(7-10)18-15(20)8-22-14/h2-7H,8H2,1H3,(H,18,20)(H,19,21). The van der Waals surface area contributed by atoms with Crippen molar-refractivity contribution >= 4 is 23.2 Å². The first-order valence-corrected chi connectivity index (χ1v) is 6.67. The lowest BCUT2D eigenvalue weighted by molar-refractivity contribution is -0.118. The summed E-state index contributed by atoms with van der Waals surface area (Å²) >= 11 is 0. The molecule has 2 N–H and O–H groups in total. The molecule has 3 rings (SSSR count). The second kappa shape index (κ2) is 5.48. The molecule has 0 saturated carbocycles. The number of benzene rings is 2. The van der Waals surface area contributed by atoms with Gasteiger partial charge in [0.05, 0.1) is 11.4 Å². The number of nitrogens with one attached hydrogen (secondary N) is 2. The summed E-state index contributed by atoms with van der Waals surface area (Å²) in [6.07, 6.45) is 0. The van der Waals surface area contributed by atoms with Crippen LogP contribution in [0, 0.1) is 12.7 Å². The van der Waals surface area contributed by atoms with E-state index in [2.05, 4.69) is 10.6 Å². The zero-order valence-electron chi connectivity index (χ0n) is 11.8. The first-order chi connectivity index (χ1) is 10.5. The number of aryl methyl sites for hydroxylation is 1. The van der Waals surface area contributed by atoms with E-state index < -0.39 is 11.7 Å². The van der Waals surface area contributed by atoms with Crippen molar-refractivity contribution in [1.82, 2.24) is 0 Å². The van der Waals surface area contributed by atoms with E-state index in [1.54, 1.807) is 25.1 Å². The van der Waals surface area contributed by atoms with Gasteiger partial charge in [-0.25, -0.2) is 4.39 Å². The summed E-state index contributed by atoms with van der Waals surface area (Å²) in [5.74, 6) is -0.749. The van der Waals surface area contributed by atoms with E-state index in [9.17, 15) is 14.0 Å². The van der Waals surface area contributed by atoms with Crippen molar-refractivity contribution in [3.63, 3.8) is 0 Å². The summed E-state index contributed by atoms with van der Waals surface area (Å²) < 4.78 is 19.0. The summed E-state index contributed by atoms with van der Waals surface area (Å²) in [6, 6.07) is 9.20. The first-order valence-electron chi connectivity index (χ1n) is 6.67. The third-order valence-corrected chi connectivity index (χ3v) is 3.25. The monoisotopic (exact) mass is 300 g/mol. The Kier molecular flexibility index (Phi) is 3.50. The number of rotatable bonds is 2. The third-order valence-electron chi connectivity index (χ3n) is 3.25. The topological polar surface area (TPSA) is 67.4 Å². The molecule has 0 bridgehead atoms. The molecule has 112 valence electrons. The number of anilines is 2. The van der Waals surface area contributed by atoms with E-state index >= 15 is 0 Å². The van der Waals surface area contributed by atoms with E-state index in [0.717, 1.165) is 5.56 Å². The molecule has 1 heterocycles. The van der Waals surface area contributed by atoms with Gasteiger partial charge in [0.1, 0.15) is 11.6 Å². The van der Waals surface area contributed by atoms with Gasteiger partial charge in [-0.1, -0.05) is 6.07 Å². The van der Waals surface area contributed by atoms with Gasteiger partial charge in [-0.2, -0.15) is 0 Å². The highest BCUT2D eigenvalue weighted by molar-refractivity contribution is 6.06. The summed E-state index contributed by atoms with van der Waals surface area (Å²) in [5, 5.41) is 5.12. The van der Waals surface area contributed by atoms with Crippen molar-refractivity contribution < 1.29 is 18.7 Å². The summed E-state index contributed by atoms with van der Waals surface area (Å²) in [6.45, 7) is 1.72. The second-order valence-electron chi connectivity index (χ2n) is 4.99. The number of halogens is 1. The summed E-state index contributed by atoms with van der Waals surface area (Å²) in [4.78, 5) is 23.5. The number of carbonyl (C=O) groups is 2. The van der Waals surface area contributed by atoms with Gasteiger partial charge in [0.15, 0.2) is 6.61 Å². The van der Waals surface area contributed by atoms with Crippen molar-refractivity contribution in [2.45, 2.75) is 6.92 Å². The van der Waals surface area contributed by atoms with Gasteiger partial charge in [-0.3, -0.25) is 9.59 Å². The zero-order valence-corrected chi connectivity index (χ0v) is 11.8. The van der Waals surface area contributed by atoms with Crippen LogP contribution in [0.15, 0.2) is 36.4 Å². The highest BCUT2D eigenvalue weighted by Gasteiger charge is 2.18. The van der Waals surface area contributed by atoms with Crippen molar-refractivity contribution in [1.29, 1.82) is 0 Å². The van der Waals surface area contributed by atoms with Crippen molar-refractivity contribution in [3.8, 4) is 5.75 Å². The van der Waals surface area contributed by atoms with E-state index in [0.29, 0.717) is 17.0 Å². The molecule has 2 aromatic rings. The molecule has 1 aliphatic rings. The summed E-state index contributed by atoms with van der Waals surface area (Å²) in [7, 11) is 0. The van der Waals surface area contributed by atoms with Gasteiger partial charge < -0.3 is 15.4 Å². The van der Waals surface area contributed by atoms with Crippen molar-refractivity contribution in [2.24, 2.45) is 0 Å². The SMILES string of the molecule is Cc1ccc(NC(=O)c2ccc3c(c2)NC(=O)CO3)c(F)c1. The molecule has 1 aliphatic heterocycles. The van der Waals surface area contributed by atoms with Crippen LogP contribution in [0.1, 0.15) is 15.9 Å². The molecule has 0 aromatic heterocycles. The minimum Gasteiger partial charge on any atom is -0.482 e. The van der Waals surface area contributed by atoms with Crippen LogP contribution in [0.4, 0.5) is 15.8 Å². The maximum atomic E-state index is 13.8. The maximum absolute atomic E-state index is 13.8. The zero-order chi connectivity index (χ0) is 15.7. The smallest absolute Gasteiger partial charge is 0.262 e. The fraction of sp³-hybridized carbons (Fsp3) is 0.125. The molecule has 0 spiro atoms. The van der Waals surface area contributed by atoms with Crippen LogP contribution in [0.2, 0.25) is 0 Å². The quantitative estimate of drug-likeness (QED) is 0.896. The van der Waals surface area contributed by atoms with Crippen LogP contribution in [-0.2, 0) is 4.79 Å². The molecule has 0 aliphatic carbocycles. The number of hydrogen-bond donors (Lipinski definition) is 2. The Morgan fingerprint density at radius 3 is 2.86 bits per heavy atom. The van der Waals surface area contributed by atoms with Gasteiger partial charge in [-0.15, -0.1) is 0 Å². The molecule has 0 atom stereocenters. The lowest BCUT2D eigenvalue weighted by Crippen LogP contribution is -2.25. The van der Waals surface area contributed by atoms with Crippen LogP contribution >= 0.6 is 0 Å². The average molecular weight is 300 g/mol. The largest absolute Gasteiger partial charge is 0.482 e. The maximum Gasteiger partial charge on any atom is 0.262 e. The molecule has 0 fully saturated rings. The second-order valence-corrected chi connectivity index (χ2v) is 4.99. The Morgan fingerprint density at radius 1 is 1.27 bits per heavy atom. The Labute approximate surface area is 126 Å². The molecular formula is C16H13FN2O3. The van der Waals surface area contributed by atoms with Crippen LogP contribution in [0.25, 0.3) is 0 Å². The fourth-order valence-electron chi connectivity index (χ4n) is 2.14. The van der Waals surface area contributed by atoms with Crippen molar-refractivity contribution in [3.05, 3.63) is 53.3 Å². The fourth-order valence-corrected chi connectivity index (χ4v) is 2.14. The normalized spacial score (nSPS) is 12.9. The lowest BCUT2D eigenvalue weighted by atomic mass is 10.1. The summed E-state index contributed by atoms with van der Waals surface area (Å²) in [5.41, 5.74) is 1.59. The Bertz CT molecular complexity index is 774. The van der Waals surface area contributed by atoms with E-state index in [4.69, 9.17) is 4.74 Å². The van der Waals surface area contributed by atoms with Crippen LogP contribution in [-0.4, -0.2) is 18.4 Å². The van der Waals surface area contributed by atoms with Gasteiger partial charge in [0.2, 0.25) is 0 Å². The number of hydrogen-bond acceptors (Lipinski definition) is 3. The van der Waals surface area contributed by atoms with Gasteiger partial charge in [-0.05, 0) is 42.8 Å². The highest BCUT2D eigenvalue weighted by Crippen LogP contribution is 2.28.